The number of unbranched alkanes of at least 4 members (excludes halogenated alkanes) is 2. The molecule has 0 bridgehead atoms. The highest BCUT2D eigenvalue weighted by molar-refractivity contribution is 7.09. The number of aryl methyl sites for hydroxylation is 3. The molecule has 0 saturated heterocycles. The normalized spacial score (nSPS) is 11.4. The Labute approximate surface area is 197 Å². The highest BCUT2D eigenvalue weighted by Crippen LogP contribution is 2.33. The number of benzene rings is 1. The topological polar surface area (TPSA) is 85.2 Å². The van der Waals surface area contributed by atoms with Gasteiger partial charge in [0.15, 0.2) is 11.3 Å². The van der Waals surface area contributed by atoms with Crippen LogP contribution < -0.4 is 10.3 Å². The number of nitrogens with one attached hydrogen (secondary N) is 1. The minimum atomic E-state index is -0.202. The number of hydrogen-bond donors (Lipinski definition) is 1. The van der Waals surface area contributed by atoms with E-state index in [1.54, 1.807) is 15.9 Å². The largest absolute Gasteiger partial charge is 0.493 e. The van der Waals surface area contributed by atoms with Crippen molar-refractivity contribution < 1.29 is 4.74 Å². The van der Waals surface area contributed by atoms with Crippen LogP contribution >= 0.6 is 11.3 Å². The molecule has 0 atom stereocenters. The molecule has 0 fully saturated rings. The lowest BCUT2D eigenvalue weighted by molar-refractivity contribution is 0.341. The number of aromatic nitrogens is 5. The number of H-pyrrole nitrogens is 1. The molecule has 1 N–H and O–H groups in total. The third-order valence-electron chi connectivity index (χ3n) is 5.59. The lowest BCUT2D eigenvalue weighted by atomic mass is 10.1. The second-order valence-electron chi connectivity index (χ2n) is 8.15. The second-order valence-corrected chi connectivity index (χ2v) is 9.10. The number of fused-ring (bicyclic) bond motifs is 1. The highest BCUT2D eigenvalue weighted by atomic mass is 32.1. The van der Waals surface area contributed by atoms with Crippen LogP contribution in [0.3, 0.4) is 0 Å². The van der Waals surface area contributed by atoms with Crippen molar-refractivity contribution in [3.05, 3.63) is 50.5 Å². The van der Waals surface area contributed by atoms with Gasteiger partial charge in [0.25, 0.3) is 5.56 Å². The quantitative estimate of drug-likeness (QED) is 0.308. The molecule has 0 unspecified atom stereocenters. The number of nitrogens with zero attached hydrogens (tertiary/aromatic N) is 4. The molecule has 0 saturated carbocycles. The summed E-state index contributed by atoms with van der Waals surface area (Å²) in [5.74, 6) is 1.93. The minimum absolute atomic E-state index is 0.202. The maximum absolute atomic E-state index is 13.0. The summed E-state index contributed by atoms with van der Waals surface area (Å²) in [6, 6.07) is 5.95. The lowest BCUT2D eigenvalue weighted by Gasteiger charge is -2.12. The Balaban J connectivity index is 1.79. The fourth-order valence-corrected chi connectivity index (χ4v) is 4.83. The third kappa shape index (κ3) is 4.85. The molecule has 0 aliphatic heterocycles. The van der Waals surface area contributed by atoms with Crippen molar-refractivity contribution in [2.75, 3.05) is 6.61 Å². The van der Waals surface area contributed by atoms with Crippen LogP contribution in [0.2, 0.25) is 0 Å². The monoisotopic (exact) mass is 465 g/mol. The summed E-state index contributed by atoms with van der Waals surface area (Å²) in [6.07, 6.45) is 6.26. The molecule has 4 rings (SSSR count). The van der Waals surface area contributed by atoms with Crippen LogP contribution in [0.5, 0.6) is 5.75 Å². The number of imidazole rings is 1. The summed E-state index contributed by atoms with van der Waals surface area (Å²) < 4.78 is 7.57. The van der Waals surface area contributed by atoms with Gasteiger partial charge in [-0.05, 0) is 51.3 Å². The number of hydrogen-bond acceptors (Lipinski definition) is 6. The predicted molar refractivity (Wildman–Crippen MR) is 133 cm³/mol. The van der Waals surface area contributed by atoms with E-state index in [2.05, 4.69) is 29.2 Å². The lowest BCUT2D eigenvalue weighted by Crippen LogP contribution is -2.16. The molecular weight excluding hydrogens is 434 g/mol. The van der Waals surface area contributed by atoms with E-state index in [0.29, 0.717) is 29.4 Å². The van der Waals surface area contributed by atoms with E-state index in [-0.39, 0.29) is 5.56 Å². The first-order valence-electron chi connectivity index (χ1n) is 11.8. The van der Waals surface area contributed by atoms with E-state index in [0.717, 1.165) is 53.3 Å². The molecule has 174 valence electrons. The molecule has 7 nitrogen and oxygen atoms in total. The zero-order valence-corrected chi connectivity index (χ0v) is 20.6. The van der Waals surface area contributed by atoms with Crippen LogP contribution in [0.4, 0.5) is 0 Å². The first-order chi connectivity index (χ1) is 16.0. The van der Waals surface area contributed by atoms with E-state index >= 15 is 0 Å². The molecule has 33 heavy (non-hydrogen) atoms. The fourth-order valence-electron chi connectivity index (χ4n) is 3.98. The van der Waals surface area contributed by atoms with Gasteiger partial charge in [-0.1, -0.05) is 26.7 Å². The van der Waals surface area contributed by atoms with Crippen molar-refractivity contribution in [3.63, 3.8) is 0 Å². The molecule has 1 aromatic carbocycles. The van der Waals surface area contributed by atoms with E-state index in [4.69, 9.17) is 14.8 Å². The Hall–Kier alpha value is -3.00. The van der Waals surface area contributed by atoms with Gasteiger partial charge in [-0.3, -0.25) is 4.79 Å². The standard InChI is InChI=1S/C25H31N5O2S/c1-5-8-9-11-22-27-19(15-33-22)17-12-13-20(32-7-3)18(14-17)24-28-25(31)23-16(4)26-21(10-6-2)30(23)29-24/h12-15H,5-11H2,1-4H3,(H,28,29,31). The summed E-state index contributed by atoms with van der Waals surface area (Å²) >= 11 is 1.70. The number of rotatable bonds is 10. The molecule has 4 aromatic rings. The third-order valence-corrected chi connectivity index (χ3v) is 6.50. The van der Waals surface area contributed by atoms with Gasteiger partial charge in [-0.2, -0.15) is 0 Å². The maximum atomic E-state index is 13.0. The first kappa shape index (κ1) is 23.2. The molecule has 8 heteroatoms. The van der Waals surface area contributed by atoms with Gasteiger partial charge in [0, 0.05) is 17.4 Å². The second kappa shape index (κ2) is 10.3. The smallest absolute Gasteiger partial charge is 0.277 e. The Morgan fingerprint density at radius 2 is 1.94 bits per heavy atom. The first-order valence-corrected chi connectivity index (χ1v) is 12.6. The molecule has 0 aliphatic rings. The Morgan fingerprint density at radius 3 is 2.70 bits per heavy atom. The number of aromatic amines is 1. The molecule has 0 spiro atoms. The van der Waals surface area contributed by atoms with Crippen LogP contribution in [0.1, 0.15) is 63.0 Å². The van der Waals surface area contributed by atoms with Crippen molar-refractivity contribution >= 4 is 16.9 Å². The SMILES string of the molecule is CCCCCc1nc(-c2ccc(OCC)c(-c3nn4c(CCC)nc(C)c4c(=O)[nH]3)c2)cs1. The van der Waals surface area contributed by atoms with Crippen molar-refractivity contribution in [3.8, 4) is 28.4 Å². The van der Waals surface area contributed by atoms with Crippen molar-refractivity contribution in [2.45, 2.75) is 66.2 Å². The molecule has 0 amide bonds. The van der Waals surface area contributed by atoms with E-state index in [9.17, 15) is 4.79 Å². The van der Waals surface area contributed by atoms with Gasteiger partial charge in [-0.15, -0.1) is 16.4 Å². The maximum Gasteiger partial charge on any atom is 0.277 e. The zero-order valence-electron chi connectivity index (χ0n) is 19.8. The van der Waals surface area contributed by atoms with Gasteiger partial charge < -0.3 is 9.72 Å². The molecule has 0 aliphatic carbocycles. The van der Waals surface area contributed by atoms with E-state index in [1.807, 2.05) is 32.0 Å². The minimum Gasteiger partial charge on any atom is -0.493 e. The summed E-state index contributed by atoms with van der Waals surface area (Å²) in [5, 5.41) is 8.03. The fraction of sp³-hybridized carbons (Fsp3) is 0.440. The molecule has 3 heterocycles. The highest BCUT2D eigenvalue weighted by Gasteiger charge is 2.18. The summed E-state index contributed by atoms with van der Waals surface area (Å²) in [4.78, 5) is 25.3. The molecular formula is C25H31N5O2S. The van der Waals surface area contributed by atoms with Crippen LogP contribution in [-0.4, -0.2) is 31.2 Å². The van der Waals surface area contributed by atoms with Crippen LogP contribution in [-0.2, 0) is 12.8 Å². The van der Waals surface area contributed by atoms with Crippen molar-refractivity contribution in [1.29, 1.82) is 0 Å². The van der Waals surface area contributed by atoms with Crippen molar-refractivity contribution in [1.82, 2.24) is 24.6 Å². The van der Waals surface area contributed by atoms with Gasteiger partial charge in [0.1, 0.15) is 11.6 Å². The number of thiazole rings is 1. The Morgan fingerprint density at radius 1 is 1.09 bits per heavy atom. The van der Waals surface area contributed by atoms with Crippen LogP contribution in [0, 0.1) is 6.92 Å². The molecule has 0 radical (unpaired) electrons. The van der Waals surface area contributed by atoms with E-state index in [1.165, 1.54) is 12.8 Å². The Bertz CT molecular complexity index is 1300. The van der Waals surface area contributed by atoms with Gasteiger partial charge in [0.05, 0.1) is 28.6 Å². The predicted octanol–water partition coefficient (Wildman–Crippen LogP) is 5.60. The zero-order chi connectivity index (χ0) is 23.4. The summed E-state index contributed by atoms with van der Waals surface area (Å²) in [7, 11) is 0. The van der Waals surface area contributed by atoms with Gasteiger partial charge in [-0.25, -0.2) is 14.5 Å². The van der Waals surface area contributed by atoms with Gasteiger partial charge >= 0.3 is 0 Å². The Kier molecular flexibility index (Phi) is 7.23. The summed E-state index contributed by atoms with van der Waals surface area (Å²) in [6.45, 7) is 8.60. The average Bonchev–Trinajstić information content (AvgIpc) is 3.40. The summed E-state index contributed by atoms with van der Waals surface area (Å²) in [5.41, 5.74) is 3.63. The number of ether oxygens (including phenoxy) is 1. The van der Waals surface area contributed by atoms with Crippen LogP contribution in [0.15, 0.2) is 28.4 Å². The van der Waals surface area contributed by atoms with Crippen molar-refractivity contribution in [2.24, 2.45) is 0 Å². The average molecular weight is 466 g/mol. The van der Waals surface area contributed by atoms with Gasteiger partial charge in [0.2, 0.25) is 0 Å². The van der Waals surface area contributed by atoms with E-state index < -0.39 is 0 Å². The van der Waals surface area contributed by atoms with Crippen LogP contribution in [0.25, 0.3) is 28.2 Å². The molecule has 3 aromatic heterocycles.